The molecule has 1 saturated heterocycles. The molecule has 420 valence electrons. The molecule has 21 nitrogen and oxygen atoms in total. The summed E-state index contributed by atoms with van der Waals surface area (Å²) in [5, 5.41) is 39.2. The number of aliphatic hydroxyl groups is 1. The maximum absolute atomic E-state index is 14.7. The minimum atomic E-state index is -2.03. The van der Waals surface area contributed by atoms with Crippen molar-refractivity contribution in [1.29, 1.82) is 0 Å². The number of fused-ring (bicyclic) bond motifs is 1. The fourth-order valence-corrected chi connectivity index (χ4v) is 10.3. The highest BCUT2D eigenvalue weighted by molar-refractivity contribution is 7.13. The van der Waals surface area contributed by atoms with Crippen LogP contribution in [-0.4, -0.2) is 149 Å². The Morgan fingerprint density at radius 3 is 2.30 bits per heavy atom. The zero-order valence-corrected chi connectivity index (χ0v) is 45.7. The molecular formula is C56H66FN9O12S. The highest BCUT2D eigenvalue weighted by Crippen LogP contribution is 2.41. The van der Waals surface area contributed by atoms with Crippen LogP contribution in [0.5, 0.6) is 11.5 Å². The first-order chi connectivity index (χ1) is 37.6. The van der Waals surface area contributed by atoms with E-state index in [-0.39, 0.29) is 99.9 Å². The molecule has 1 saturated carbocycles. The van der Waals surface area contributed by atoms with Crippen molar-refractivity contribution in [1.82, 2.24) is 46.5 Å². The van der Waals surface area contributed by atoms with Gasteiger partial charge in [0.25, 0.3) is 23.6 Å². The number of ether oxygens (including phenoxy) is 2. The second-order valence-electron chi connectivity index (χ2n) is 21.3. The molecule has 5 atom stereocenters. The molecule has 2 aromatic heterocycles. The SMILES string of the molecule is Cc1ncsc1-c1ccc([C@H](CC(=O)NCCOCCNC(=O)COc2ccc3c(c2)[C@H](NC(=O)c2cc(-c4ccc(C(=O)N(C)C)c(O)c4)on2)CC3)NC(=O)[C@@H]2C[C@@H](O)CN2C(=O)[C@@H](NC(=O)C2(F)CC2)C(C)(C)C)cc1. The summed E-state index contributed by atoms with van der Waals surface area (Å²) in [6.45, 7) is 7.08. The summed E-state index contributed by atoms with van der Waals surface area (Å²) in [5.74, 6) is -3.36. The minimum Gasteiger partial charge on any atom is -0.507 e. The zero-order chi connectivity index (χ0) is 56.8. The third-order valence-electron chi connectivity index (χ3n) is 14.0. The van der Waals surface area contributed by atoms with Crippen LogP contribution in [0.2, 0.25) is 0 Å². The summed E-state index contributed by atoms with van der Waals surface area (Å²) in [5.41, 5.74) is 3.64. The lowest BCUT2D eigenvalue weighted by molar-refractivity contribution is -0.145. The lowest BCUT2D eigenvalue weighted by atomic mass is 9.85. The number of aliphatic hydroxyl groups excluding tert-OH is 1. The van der Waals surface area contributed by atoms with Crippen molar-refractivity contribution in [3.05, 3.63) is 106 Å². The van der Waals surface area contributed by atoms with E-state index in [1.165, 1.54) is 39.3 Å². The van der Waals surface area contributed by atoms with Crippen molar-refractivity contribution >= 4 is 52.7 Å². The molecule has 8 rings (SSSR count). The number of hydrogen-bond donors (Lipinski definition) is 7. The van der Waals surface area contributed by atoms with E-state index in [9.17, 15) is 48.2 Å². The number of rotatable bonds is 22. The number of β-amino-alcohol motifs (C(OH)–C–C–N with tert-alkyl or cyclic N) is 1. The molecule has 7 N–H and O–H groups in total. The Bertz CT molecular complexity index is 3080. The molecule has 3 aromatic carbocycles. The van der Waals surface area contributed by atoms with Crippen LogP contribution in [0.3, 0.4) is 0 Å². The molecule has 0 bridgehead atoms. The van der Waals surface area contributed by atoms with Gasteiger partial charge in [0, 0.05) is 51.8 Å². The van der Waals surface area contributed by atoms with Crippen LogP contribution in [0.25, 0.3) is 21.8 Å². The number of alkyl halides is 1. The fourth-order valence-electron chi connectivity index (χ4n) is 9.45. The first kappa shape index (κ1) is 57.4. The number of halogens is 1. The molecule has 0 spiro atoms. The van der Waals surface area contributed by atoms with Gasteiger partial charge in [0.05, 0.1) is 59.5 Å². The number of benzene rings is 3. The van der Waals surface area contributed by atoms with E-state index in [4.69, 9.17) is 14.0 Å². The minimum absolute atomic E-state index is 0.0266. The molecule has 0 radical (unpaired) electrons. The number of carbonyl (C=O) groups excluding carboxylic acids is 7. The fraction of sp³-hybridized carbons (Fsp3) is 0.446. The van der Waals surface area contributed by atoms with Gasteiger partial charge in [0.15, 0.2) is 23.7 Å². The molecule has 2 fully saturated rings. The summed E-state index contributed by atoms with van der Waals surface area (Å²) < 4.78 is 31.6. The smallest absolute Gasteiger partial charge is 0.273 e. The number of nitrogens with zero attached hydrogens (tertiary/aromatic N) is 4. The monoisotopic (exact) mass is 1110 g/mol. The average Bonchev–Trinajstić information content (AvgIpc) is 3.99. The number of phenols is 1. The second kappa shape index (κ2) is 24.5. The van der Waals surface area contributed by atoms with Gasteiger partial charge in [-0.15, -0.1) is 11.3 Å². The molecule has 79 heavy (non-hydrogen) atoms. The quantitative estimate of drug-likeness (QED) is 0.0471. The van der Waals surface area contributed by atoms with E-state index in [1.54, 1.807) is 70.7 Å². The van der Waals surface area contributed by atoms with Gasteiger partial charge < -0.3 is 60.6 Å². The summed E-state index contributed by atoms with van der Waals surface area (Å²) in [7, 11) is 3.15. The number of carbonyl (C=O) groups is 7. The van der Waals surface area contributed by atoms with Crippen LogP contribution in [-0.2, 0) is 35.1 Å². The lowest BCUT2D eigenvalue weighted by Crippen LogP contribution is -2.59. The molecule has 7 amide bonds. The normalized spacial score (nSPS) is 17.9. The first-order valence-corrected chi connectivity index (χ1v) is 26.9. The Morgan fingerprint density at radius 1 is 0.937 bits per heavy atom. The van der Waals surface area contributed by atoms with E-state index in [1.807, 2.05) is 25.1 Å². The number of phenolic OH excluding ortho intramolecular Hbond substituents is 1. The van der Waals surface area contributed by atoms with Crippen molar-refractivity contribution < 1.29 is 62.2 Å². The summed E-state index contributed by atoms with van der Waals surface area (Å²) in [6.07, 6.45) is 0.118. The lowest BCUT2D eigenvalue weighted by Gasteiger charge is -2.36. The third-order valence-corrected chi connectivity index (χ3v) is 15.0. The Morgan fingerprint density at radius 2 is 1.65 bits per heavy atom. The Labute approximate surface area is 460 Å². The van der Waals surface area contributed by atoms with Gasteiger partial charge in [0.2, 0.25) is 17.7 Å². The number of thiazole rings is 1. The Balaban J connectivity index is 0.785. The van der Waals surface area contributed by atoms with Crippen molar-refractivity contribution in [3.8, 4) is 33.3 Å². The van der Waals surface area contributed by atoms with Gasteiger partial charge in [0.1, 0.15) is 23.6 Å². The van der Waals surface area contributed by atoms with Crippen molar-refractivity contribution in [2.75, 3.05) is 53.6 Å². The molecule has 2 aliphatic carbocycles. The van der Waals surface area contributed by atoms with Gasteiger partial charge in [-0.1, -0.05) is 62.3 Å². The second-order valence-corrected chi connectivity index (χ2v) is 22.2. The van der Waals surface area contributed by atoms with Crippen molar-refractivity contribution in [3.63, 3.8) is 0 Å². The maximum atomic E-state index is 14.7. The third kappa shape index (κ3) is 14.1. The maximum Gasteiger partial charge on any atom is 0.273 e. The molecule has 3 heterocycles. The van der Waals surface area contributed by atoms with Crippen LogP contribution in [0.4, 0.5) is 4.39 Å². The Hall–Kier alpha value is -7.76. The summed E-state index contributed by atoms with van der Waals surface area (Å²) in [6, 6.07) is 15.1. The largest absolute Gasteiger partial charge is 0.507 e. The molecule has 0 unspecified atom stereocenters. The average molecular weight is 1110 g/mol. The molecule has 3 aliphatic rings. The van der Waals surface area contributed by atoms with E-state index in [0.717, 1.165) is 27.3 Å². The summed E-state index contributed by atoms with van der Waals surface area (Å²) >= 11 is 1.48. The Kier molecular flexibility index (Phi) is 17.8. The number of nitrogens with one attached hydrogen (secondary N) is 5. The number of aromatic hydroxyl groups is 1. The number of likely N-dealkylation sites (tertiary alicyclic amines) is 1. The molecule has 1 aliphatic heterocycles. The van der Waals surface area contributed by atoms with E-state index in [0.29, 0.717) is 29.7 Å². The van der Waals surface area contributed by atoms with E-state index in [2.05, 4.69) is 36.7 Å². The van der Waals surface area contributed by atoms with Gasteiger partial charge in [-0.3, -0.25) is 33.6 Å². The standard InChI is InChI=1S/C56H66FN9O12S/c1-31-48(79-30-60-31)34-9-7-33(8-10-34)41(62-51(72)43-24-36(67)28-66(43)53(74)49(55(2,3)4)63-54(75)56(57)17-18-56)27-46(69)58-19-21-76-22-20-59-47(70)29-77-37-14-11-32-13-16-40(39(32)25-37)61-50(71)42-26-45(78-64-42)35-12-15-38(44(68)23-35)52(73)65(5)6/h7-12,14-15,23,25-26,30,36,40-41,43,49,67-68H,13,16-22,24,27-29H2,1-6H3,(H,58,69)(H,59,70)(H,61,71)(H,62,72)(H,63,75)/t36-,40-,41+,43+,49-/m1/s1. The summed E-state index contributed by atoms with van der Waals surface area (Å²) in [4.78, 5) is 101. The number of hydrogen-bond acceptors (Lipinski definition) is 15. The predicted molar refractivity (Wildman–Crippen MR) is 287 cm³/mol. The highest BCUT2D eigenvalue weighted by atomic mass is 32.1. The van der Waals surface area contributed by atoms with Crippen LogP contribution in [0.15, 0.2) is 76.8 Å². The van der Waals surface area contributed by atoms with Gasteiger partial charge in [-0.25, -0.2) is 9.37 Å². The van der Waals surface area contributed by atoms with Crippen LogP contribution in [0.1, 0.15) is 108 Å². The number of amides is 7. The van der Waals surface area contributed by atoms with E-state index < -0.39 is 70.8 Å². The molecular weight excluding hydrogens is 1040 g/mol. The van der Waals surface area contributed by atoms with Gasteiger partial charge in [-0.05, 0) is 84.5 Å². The van der Waals surface area contributed by atoms with Crippen LogP contribution >= 0.6 is 11.3 Å². The van der Waals surface area contributed by atoms with Gasteiger partial charge in [-0.2, -0.15) is 0 Å². The predicted octanol–water partition coefficient (Wildman–Crippen LogP) is 4.47. The topological polar surface area (TPSA) is 284 Å². The van der Waals surface area contributed by atoms with Crippen LogP contribution in [0, 0.1) is 12.3 Å². The number of aryl methyl sites for hydroxylation is 2. The van der Waals surface area contributed by atoms with Crippen LogP contribution < -0.4 is 31.3 Å². The molecule has 23 heteroatoms. The van der Waals surface area contributed by atoms with Crippen molar-refractivity contribution in [2.45, 2.75) is 102 Å². The zero-order valence-electron chi connectivity index (χ0n) is 44.9. The van der Waals surface area contributed by atoms with E-state index >= 15 is 0 Å². The van der Waals surface area contributed by atoms with Crippen molar-refractivity contribution in [2.24, 2.45) is 5.41 Å². The first-order valence-electron chi connectivity index (χ1n) is 26.1. The molecule has 5 aromatic rings. The number of aromatic nitrogens is 2. The van der Waals surface area contributed by atoms with Gasteiger partial charge >= 0.3 is 0 Å². The highest BCUT2D eigenvalue weighted by Gasteiger charge is 2.53.